The first-order valence-corrected chi connectivity index (χ1v) is 12.5. The molecule has 188 valence electrons. The van der Waals surface area contributed by atoms with E-state index in [9.17, 15) is 19.2 Å². The lowest BCUT2D eigenvalue weighted by molar-refractivity contribution is -0.125. The first kappa shape index (κ1) is 24.4. The molecule has 3 heterocycles. The number of nitrogens with zero attached hydrogens (tertiary/aromatic N) is 3. The molecule has 4 amide bonds. The molecule has 1 atom stereocenters. The Kier molecular flexibility index (Phi) is 7.07. The summed E-state index contributed by atoms with van der Waals surface area (Å²) >= 11 is 0. The van der Waals surface area contributed by atoms with E-state index in [-0.39, 0.29) is 24.2 Å². The average molecular weight is 497 g/mol. The van der Waals surface area contributed by atoms with Gasteiger partial charge in [0.2, 0.25) is 5.91 Å². The highest BCUT2D eigenvalue weighted by Crippen LogP contribution is 2.26. The third-order valence-corrected chi connectivity index (χ3v) is 7.09. The molecule has 0 radical (unpaired) electrons. The Morgan fingerprint density at radius 1 is 0.892 bits per heavy atom. The van der Waals surface area contributed by atoms with Crippen molar-refractivity contribution in [3.8, 4) is 0 Å². The van der Waals surface area contributed by atoms with Gasteiger partial charge in [-0.25, -0.2) is 0 Å². The molecule has 5 rings (SSSR count). The van der Waals surface area contributed by atoms with Gasteiger partial charge >= 0.3 is 0 Å². The van der Waals surface area contributed by atoms with Crippen molar-refractivity contribution in [2.45, 2.75) is 25.3 Å². The molecule has 1 fully saturated rings. The lowest BCUT2D eigenvalue weighted by Gasteiger charge is -2.33. The van der Waals surface area contributed by atoms with Gasteiger partial charge in [0.1, 0.15) is 6.04 Å². The first-order valence-electron chi connectivity index (χ1n) is 12.5. The monoisotopic (exact) mass is 496 g/mol. The molecule has 0 spiro atoms. The number of fused-ring (bicyclic) bond motifs is 1. The number of piperidine rings is 1. The van der Waals surface area contributed by atoms with Crippen LogP contribution >= 0.6 is 0 Å². The van der Waals surface area contributed by atoms with Gasteiger partial charge < -0.3 is 10.2 Å². The second kappa shape index (κ2) is 10.7. The van der Waals surface area contributed by atoms with Crippen LogP contribution in [0.1, 0.15) is 49.5 Å². The highest BCUT2D eigenvalue weighted by Gasteiger charge is 2.42. The first-order chi connectivity index (χ1) is 18.0. The van der Waals surface area contributed by atoms with Crippen LogP contribution in [0.5, 0.6) is 0 Å². The molecule has 0 aliphatic carbocycles. The summed E-state index contributed by atoms with van der Waals surface area (Å²) in [7, 11) is 0. The fraction of sp³-hybridized carbons (Fsp3) is 0.276. The van der Waals surface area contributed by atoms with Gasteiger partial charge in [0.05, 0.1) is 16.7 Å². The SMILES string of the molecule is O=C(NCC1CCN(C(=O)c2cccnc2)CC1)C(Cc1ccccc1)N1C(=O)c2ccccc2C1=O. The van der Waals surface area contributed by atoms with E-state index in [2.05, 4.69) is 10.3 Å². The van der Waals surface area contributed by atoms with Crippen molar-refractivity contribution in [3.05, 3.63) is 101 Å². The maximum atomic E-state index is 13.4. The third kappa shape index (κ3) is 5.14. The normalized spacial score (nSPS) is 16.4. The number of pyridine rings is 1. The zero-order valence-corrected chi connectivity index (χ0v) is 20.4. The number of aromatic nitrogens is 1. The fourth-order valence-corrected chi connectivity index (χ4v) is 5.00. The molecule has 2 aliphatic rings. The summed E-state index contributed by atoms with van der Waals surface area (Å²) in [4.78, 5) is 59.4. The van der Waals surface area contributed by atoms with Crippen LogP contribution in [0.2, 0.25) is 0 Å². The predicted molar refractivity (Wildman–Crippen MR) is 137 cm³/mol. The molecule has 1 N–H and O–H groups in total. The van der Waals surface area contributed by atoms with Crippen LogP contribution in [0.4, 0.5) is 0 Å². The van der Waals surface area contributed by atoms with Crippen molar-refractivity contribution in [1.82, 2.24) is 20.1 Å². The van der Waals surface area contributed by atoms with Gasteiger partial charge in [0.25, 0.3) is 17.7 Å². The van der Waals surface area contributed by atoms with Crippen molar-refractivity contribution in [3.63, 3.8) is 0 Å². The average Bonchev–Trinajstić information content (AvgIpc) is 3.20. The molecular formula is C29H28N4O4. The smallest absolute Gasteiger partial charge is 0.262 e. The van der Waals surface area contributed by atoms with Crippen molar-refractivity contribution < 1.29 is 19.2 Å². The largest absolute Gasteiger partial charge is 0.354 e. The van der Waals surface area contributed by atoms with E-state index < -0.39 is 17.9 Å². The Bertz CT molecular complexity index is 1270. The van der Waals surface area contributed by atoms with Gasteiger partial charge in [-0.05, 0) is 48.6 Å². The van der Waals surface area contributed by atoms with E-state index in [0.717, 1.165) is 23.3 Å². The molecule has 8 nitrogen and oxygen atoms in total. The number of carbonyl (C=O) groups excluding carboxylic acids is 4. The van der Waals surface area contributed by atoms with Gasteiger partial charge in [-0.1, -0.05) is 42.5 Å². The standard InChI is InChI=1S/C29H28N4O4/c34-26(31-18-21-12-15-32(16-13-21)27(35)22-9-6-14-30-19-22)25(17-20-7-2-1-3-8-20)33-28(36)23-10-4-5-11-24(23)29(33)37/h1-11,14,19,21,25H,12-13,15-18H2,(H,31,34). The topological polar surface area (TPSA) is 99.7 Å². The summed E-state index contributed by atoms with van der Waals surface area (Å²) in [6, 6.07) is 18.6. The van der Waals surface area contributed by atoms with Crippen LogP contribution in [0.25, 0.3) is 0 Å². The minimum atomic E-state index is -0.956. The Morgan fingerprint density at radius 3 is 2.16 bits per heavy atom. The highest BCUT2D eigenvalue weighted by molar-refractivity contribution is 6.22. The maximum Gasteiger partial charge on any atom is 0.262 e. The lowest BCUT2D eigenvalue weighted by atomic mass is 9.96. The van der Waals surface area contributed by atoms with Gasteiger partial charge in [-0.2, -0.15) is 0 Å². The number of nitrogens with one attached hydrogen (secondary N) is 1. The van der Waals surface area contributed by atoms with E-state index in [0.29, 0.717) is 36.3 Å². The van der Waals surface area contributed by atoms with E-state index in [1.165, 1.54) is 0 Å². The number of rotatable bonds is 7. The second-order valence-corrected chi connectivity index (χ2v) is 9.45. The van der Waals surface area contributed by atoms with Gasteiger partial charge in [0, 0.05) is 38.4 Å². The van der Waals surface area contributed by atoms with Crippen LogP contribution in [0.3, 0.4) is 0 Å². The van der Waals surface area contributed by atoms with Crippen LogP contribution in [-0.4, -0.2) is 64.1 Å². The van der Waals surface area contributed by atoms with Crippen molar-refractivity contribution in [1.29, 1.82) is 0 Å². The summed E-state index contributed by atoms with van der Waals surface area (Å²) in [5.74, 6) is -1.09. The van der Waals surface area contributed by atoms with E-state index in [4.69, 9.17) is 0 Å². The van der Waals surface area contributed by atoms with Crippen LogP contribution < -0.4 is 5.32 Å². The van der Waals surface area contributed by atoms with Crippen molar-refractivity contribution >= 4 is 23.6 Å². The molecule has 1 saturated heterocycles. The van der Waals surface area contributed by atoms with Crippen LogP contribution in [-0.2, 0) is 11.2 Å². The van der Waals surface area contributed by atoms with E-state index in [1.807, 2.05) is 35.2 Å². The highest BCUT2D eigenvalue weighted by atomic mass is 16.2. The Morgan fingerprint density at radius 2 is 1.54 bits per heavy atom. The number of hydrogen-bond acceptors (Lipinski definition) is 5. The summed E-state index contributed by atoms with van der Waals surface area (Å²) in [5.41, 5.74) is 2.08. The molecular weight excluding hydrogens is 468 g/mol. The number of amides is 4. The summed E-state index contributed by atoms with van der Waals surface area (Å²) in [5, 5.41) is 2.99. The van der Waals surface area contributed by atoms with Gasteiger partial charge in [0.15, 0.2) is 0 Å². The number of benzene rings is 2. The second-order valence-electron chi connectivity index (χ2n) is 9.45. The minimum absolute atomic E-state index is 0.0378. The molecule has 1 aromatic heterocycles. The van der Waals surface area contributed by atoms with Crippen LogP contribution in [0.15, 0.2) is 79.1 Å². The maximum absolute atomic E-state index is 13.4. The molecule has 2 aromatic carbocycles. The van der Waals surface area contributed by atoms with Crippen molar-refractivity contribution in [2.24, 2.45) is 5.92 Å². The fourth-order valence-electron chi connectivity index (χ4n) is 5.00. The molecule has 37 heavy (non-hydrogen) atoms. The number of hydrogen-bond donors (Lipinski definition) is 1. The minimum Gasteiger partial charge on any atom is -0.354 e. The van der Waals surface area contributed by atoms with Gasteiger partial charge in [-0.15, -0.1) is 0 Å². The van der Waals surface area contributed by atoms with Crippen LogP contribution in [0, 0.1) is 5.92 Å². The Labute approximate surface area is 215 Å². The zero-order chi connectivity index (χ0) is 25.8. The Balaban J connectivity index is 1.24. The molecule has 0 bridgehead atoms. The molecule has 8 heteroatoms. The lowest BCUT2D eigenvalue weighted by Crippen LogP contribution is -2.52. The molecule has 1 unspecified atom stereocenters. The quantitative estimate of drug-likeness (QED) is 0.507. The van der Waals surface area contributed by atoms with E-state index in [1.54, 1.807) is 48.8 Å². The zero-order valence-electron chi connectivity index (χ0n) is 20.4. The number of carbonyl (C=O) groups is 4. The molecule has 2 aliphatic heterocycles. The van der Waals surface area contributed by atoms with Crippen molar-refractivity contribution in [2.75, 3.05) is 19.6 Å². The number of likely N-dealkylation sites (tertiary alicyclic amines) is 1. The molecule has 3 aromatic rings. The summed E-state index contributed by atoms with van der Waals surface area (Å²) in [6.07, 6.45) is 4.95. The summed E-state index contributed by atoms with van der Waals surface area (Å²) in [6.45, 7) is 1.61. The number of imide groups is 1. The summed E-state index contributed by atoms with van der Waals surface area (Å²) < 4.78 is 0. The third-order valence-electron chi connectivity index (χ3n) is 7.09. The predicted octanol–water partition coefficient (Wildman–Crippen LogP) is 2.96. The van der Waals surface area contributed by atoms with E-state index >= 15 is 0 Å². The van der Waals surface area contributed by atoms with Gasteiger partial charge in [-0.3, -0.25) is 29.1 Å². The Hall–Kier alpha value is -4.33. The molecule has 0 saturated carbocycles.